The molecule has 0 aromatic heterocycles. The summed E-state index contributed by atoms with van der Waals surface area (Å²) in [5, 5.41) is 10.2. The van der Waals surface area contributed by atoms with E-state index in [1.807, 2.05) is 30.0 Å². The van der Waals surface area contributed by atoms with Gasteiger partial charge in [0.1, 0.15) is 0 Å². The van der Waals surface area contributed by atoms with Crippen LogP contribution in [0.15, 0.2) is 24.3 Å². The quantitative estimate of drug-likeness (QED) is 0.743. The van der Waals surface area contributed by atoms with Crippen LogP contribution in [0.2, 0.25) is 0 Å². The Kier molecular flexibility index (Phi) is 5.79. The Balaban J connectivity index is 2.66. The van der Waals surface area contributed by atoms with E-state index in [4.69, 9.17) is 5.73 Å². The zero-order chi connectivity index (χ0) is 14.4. The zero-order valence-corrected chi connectivity index (χ0v) is 11.8. The fourth-order valence-electron chi connectivity index (χ4n) is 1.80. The third-order valence-electron chi connectivity index (χ3n) is 3.09. The number of nitrogens with zero attached hydrogens (tertiary/aromatic N) is 2. The number of para-hydroxylation sites is 1. The predicted molar refractivity (Wildman–Crippen MR) is 76.6 cm³/mol. The van der Waals surface area contributed by atoms with Crippen LogP contribution in [0, 0.1) is 0 Å². The van der Waals surface area contributed by atoms with Crippen LogP contribution in [0.25, 0.3) is 0 Å². The number of nitrogen functional groups attached to an aromatic ring is 1. The molecule has 0 saturated carbocycles. The summed E-state index contributed by atoms with van der Waals surface area (Å²) in [4.78, 5) is 15.1. The van der Waals surface area contributed by atoms with Crippen LogP contribution in [0.5, 0.6) is 0 Å². The predicted octanol–water partition coefficient (Wildman–Crippen LogP) is 0.712. The first kappa shape index (κ1) is 15.5. The molecule has 0 bridgehead atoms. The average Bonchev–Trinajstić information content (AvgIpc) is 2.37. The number of carbonyl (C=O) groups is 1. The Labute approximate surface area is 114 Å². The van der Waals surface area contributed by atoms with Crippen LogP contribution >= 0.6 is 0 Å². The molecular formula is C14H23N3O2. The number of nitrogens with two attached hydrogens (primary N) is 1. The van der Waals surface area contributed by atoms with Gasteiger partial charge in [0.15, 0.2) is 0 Å². The van der Waals surface area contributed by atoms with Crippen molar-refractivity contribution in [1.29, 1.82) is 0 Å². The number of aliphatic hydroxyl groups excluding tert-OH is 1. The first-order valence-corrected chi connectivity index (χ1v) is 6.40. The minimum Gasteiger partial charge on any atom is -0.398 e. The van der Waals surface area contributed by atoms with Gasteiger partial charge >= 0.3 is 0 Å². The Morgan fingerprint density at radius 1 is 1.37 bits per heavy atom. The summed E-state index contributed by atoms with van der Waals surface area (Å²) >= 11 is 0. The van der Waals surface area contributed by atoms with Crippen molar-refractivity contribution < 1.29 is 9.90 Å². The van der Waals surface area contributed by atoms with Gasteiger partial charge in [-0.2, -0.15) is 0 Å². The molecule has 0 aliphatic carbocycles. The molecule has 0 heterocycles. The molecule has 3 N–H and O–H groups in total. The second-order valence-electron chi connectivity index (χ2n) is 4.76. The number of rotatable bonds is 6. The van der Waals surface area contributed by atoms with Gasteiger partial charge in [0, 0.05) is 31.9 Å². The Bertz CT molecular complexity index is 421. The van der Waals surface area contributed by atoms with Gasteiger partial charge in [-0.3, -0.25) is 9.69 Å². The molecule has 1 atom stereocenters. The molecule has 19 heavy (non-hydrogen) atoms. The highest BCUT2D eigenvalue weighted by molar-refractivity contribution is 5.77. The van der Waals surface area contributed by atoms with Gasteiger partial charge in [0.25, 0.3) is 0 Å². The highest BCUT2D eigenvalue weighted by Gasteiger charge is 2.17. The van der Waals surface area contributed by atoms with Gasteiger partial charge in [0.05, 0.1) is 12.6 Å². The highest BCUT2D eigenvalue weighted by atomic mass is 16.3. The van der Waals surface area contributed by atoms with Crippen LogP contribution in [0.1, 0.15) is 18.6 Å². The van der Waals surface area contributed by atoms with Crippen LogP contribution in [-0.2, 0) is 4.79 Å². The molecule has 1 unspecified atom stereocenters. The van der Waals surface area contributed by atoms with Crippen molar-refractivity contribution in [2.45, 2.75) is 13.0 Å². The molecule has 0 aliphatic heterocycles. The van der Waals surface area contributed by atoms with Crippen LogP contribution in [-0.4, -0.2) is 54.5 Å². The van der Waals surface area contributed by atoms with Gasteiger partial charge in [-0.05, 0) is 12.6 Å². The fourth-order valence-corrected chi connectivity index (χ4v) is 1.80. The molecule has 5 nitrogen and oxygen atoms in total. The number of anilines is 1. The second-order valence-corrected chi connectivity index (χ2v) is 4.76. The first-order chi connectivity index (χ1) is 8.95. The summed E-state index contributed by atoms with van der Waals surface area (Å²) in [5.74, 6) is 0.0232. The van der Waals surface area contributed by atoms with E-state index in [-0.39, 0.29) is 5.91 Å². The number of likely N-dealkylation sites (N-methyl/N-ethyl adjacent to an activating group) is 2. The minimum absolute atomic E-state index is 0.0232. The molecule has 106 valence electrons. The largest absolute Gasteiger partial charge is 0.398 e. The third-order valence-corrected chi connectivity index (χ3v) is 3.09. The summed E-state index contributed by atoms with van der Waals surface area (Å²) in [6.45, 7) is 3.35. The molecule has 0 radical (unpaired) electrons. The number of carbonyl (C=O) groups excluding carboxylic acids is 1. The number of benzene rings is 1. The molecule has 1 aromatic carbocycles. The molecule has 0 spiro atoms. The molecule has 5 heteroatoms. The van der Waals surface area contributed by atoms with Gasteiger partial charge in [0.2, 0.25) is 5.91 Å². The molecule has 0 aliphatic rings. The lowest BCUT2D eigenvalue weighted by Crippen LogP contribution is -2.38. The maximum absolute atomic E-state index is 11.7. The number of amides is 1. The zero-order valence-electron chi connectivity index (χ0n) is 11.8. The lowest BCUT2D eigenvalue weighted by atomic mass is 10.1. The third kappa shape index (κ3) is 4.54. The molecular weight excluding hydrogens is 242 g/mol. The number of aliphatic hydroxyl groups is 1. The van der Waals surface area contributed by atoms with Gasteiger partial charge < -0.3 is 15.7 Å². The lowest BCUT2D eigenvalue weighted by molar-refractivity contribution is -0.130. The molecule has 1 amide bonds. The highest BCUT2D eigenvalue weighted by Crippen LogP contribution is 2.20. The van der Waals surface area contributed by atoms with E-state index in [0.29, 0.717) is 30.9 Å². The maximum Gasteiger partial charge on any atom is 0.236 e. The van der Waals surface area contributed by atoms with Crippen molar-refractivity contribution in [1.82, 2.24) is 9.80 Å². The molecule has 0 fully saturated rings. The summed E-state index contributed by atoms with van der Waals surface area (Å²) < 4.78 is 0. The van der Waals surface area contributed by atoms with Gasteiger partial charge in [-0.15, -0.1) is 0 Å². The van der Waals surface area contributed by atoms with Crippen molar-refractivity contribution in [3.8, 4) is 0 Å². The fraction of sp³-hybridized carbons (Fsp3) is 0.500. The molecule has 1 aromatic rings. The lowest BCUT2D eigenvalue weighted by Gasteiger charge is -2.25. The van der Waals surface area contributed by atoms with Crippen molar-refractivity contribution in [2.24, 2.45) is 0 Å². The maximum atomic E-state index is 11.7. The Morgan fingerprint density at radius 3 is 2.53 bits per heavy atom. The smallest absolute Gasteiger partial charge is 0.236 e. The van der Waals surface area contributed by atoms with Gasteiger partial charge in [-0.25, -0.2) is 0 Å². The summed E-state index contributed by atoms with van der Waals surface area (Å²) in [5.41, 5.74) is 7.12. The van der Waals surface area contributed by atoms with Crippen molar-refractivity contribution in [2.75, 3.05) is 39.5 Å². The van der Waals surface area contributed by atoms with Crippen molar-refractivity contribution in [3.05, 3.63) is 29.8 Å². The average molecular weight is 265 g/mol. The Morgan fingerprint density at radius 2 is 2.00 bits per heavy atom. The van der Waals surface area contributed by atoms with E-state index in [1.54, 1.807) is 25.1 Å². The van der Waals surface area contributed by atoms with E-state index in [1.165, 1.54) is 0 Å². The van der Waals surface area contributed by atoms with E-state index < -0.39 is 6.10 Å². The first-order valence-electron chi connectivity index (χ1n) is 6.40. The standard InChI is InChI=1S/C14H23N3O2/c1-4-17(10-14(19)16(2)3)9-13(18)11-7-5-6-8-12(11)15/h5-8,13,18H,4,9-10,15H2,1-3H3. The normalized spacial score (nSPS) is 12.5. The SMILES string of the molecule is CCN(CC(=O)N(C)C)CC(O)c1ccccc1N. The van der Waals surface area contributed by atoms with Gasteiger partial charge in [-0.1, -0.05) is 25.1 Å². The van der Waals surface area contributed by atoms with Crippen LogP contribution in [0.4, 0.5) is 5.69 Å². The van der Waals surface area contributed by atoms with E-state index in [9.17, 15) is 9.90 Å². The van der Waals surface area contributed by atoms with Crippen molar-refractivity contribution >= 4 is 11.6 Å². The van der Waals surface area contributed by atoms with E-state index in [2.05, 4.69) is 0 Å². The summed E-state index contributed by atoms with van der Waals surface area (Å²) in [6.07, 6.45) is -0.684. The Hall–Kier alpha value is -1.59. The molecule has 0 saturated heterocycles. The van der Waals surface area contributed by atoms with Crippen LogP contribution < -0.4 is 5.73 Å². The van der Waals surface area contributed by atoms with E-state index in [0.717, 1.165) is 0 Å². The summed E-state index contributed by atoms with van der Waals surface area (Å²) in [7, 11) is 3.45. The van der Waals surface area contributed by atoms with Crippen molar-refractivity contribution in [3.63, 3.8) is 0 Å². The topological polar surface area (TPSA) is 69.8 Å². The molecule has 1 rings (SSSR count). The number of hydrogen-bond donors (Lipinski definition) is 2. The second kappa shape index (κ2) is 7.11. The number of hydrogen-bond acceptors (Lipinski definition) is 4. The van der Waals surface area contributed by atoms with Crippen LogP contribution in [0.3, 0.4) is 0 Å². The monoisotopic (exact) mass is 265 g/mol. The van der Waals surface area contributed by atoms with E-state index >= 15 is 0 Å². The minimum atomic E-state index is -0.684. The summed E-state index contributed by atoms with van der Waals surface area (Å²) in [6, 6.07) is 7.25.